The van der Waals surface area contributed by atoms with Crippen LogP contribution in [0.5, 0.6) is 0 Å². The molecule has 5 heteroatoms. The normalized spacial score (nSPS) is 11.1. The average Bonchev–Trinajstić information content (AvgIpc) is 3.21. The SMILES string of the molecule is Cc1ccc(C(=O)N/C(=C\c2ccco2)C(=O)NCc2ccccc2)cc1C. The molecule has 3 aromatic rings. The second kappa shape index (κ2) is 8.86. The van der Waals surface area contributed by atoms with Crippen molar-refractivity contribution in [2.24, 2.45) is 0 Å². The lowest BCUT2D eigenvalue weighted by molar-refractivity contribution is -0.117. The van der Waals surface area contributed by atoms with E-state index in [0.717, 1.165) is 16.7 Å². The first-order valence-corrected chi connectivity index (χ1v) is 8.99. The van der Waals surface area contributed by atoms with Crippen LogP contribution in [0.15, 0.2) is 77.0 Å². The number of furan rings is 1. The minimum absolute atomic E-state index is 0.120. The van der Waals surface area contributed by atoms with E-state index in [2.05, 4.69) is 10.6 Å². The van der Waals surface area contributed by atoms with Crippen LogP contribution in [-0.4, -0.2) is 11.8 Å². The smallest absolute Gasteiger partial charge is 0.268 e. The van der Waals surface area contributed by atoms with Gasteiger partial charge in [0.2, 0.25) is 0 Å². The number of carbonyl (C=O) groups excluding carboxylic acids is 2. The third-order valence-corrected chi connectivity index (χ3v) is 4.39. The monoisotopic (exact) mass is 374 g/mol. The van der Waals surface area contributed by atoms with Gasteiger partial charge in [-0.15, -0.1) is 0 Å². The van der Waals surface area contributed by atoms with Crippen LogP contribution in [0.4, 0.5) is 0 Å². The molecular weight excluding hydrogens is 352 g/mol. The van der Waals surface area contributed by atoms with Crippen LogP contribution in [0.3, 0.4) is 0 Å². The minimum Gasteiger partial charge on any atom is -0.465 e. The summed E-state index contributed by atoms with van der Waals surface area (Å²) in [6.07, 6.45) is 3.02. The van der Waals surface area contributed by atoms with E-state index >= 15 is 0 Å². The molecule has 3 rings (SSSR count). The summed E-state index contributed by atoms with van der Waals surface area (Å²) < 4.78 is 5.29. The fraction of sp³-hybridized carbons (Fsp3) is 0.130. The van der Waals surface area contributed by atoms with Gasteiger partial charge < -0.3 is 15.1 Å². The molecule has 28 heavy (non-hydrogen) atoms. The van der Waals surface area contributed by atoms with Crippen LogP contribution in [-0.2, 0) is 11.3 Å². The van der Waals surface area contributed by atoms with Gasteiger partial charge in [0.1, 0.15) is 11.5 Å². The number of carbonyl (C=O) groups is 2. The number of amides is 2. The number of hydrogen-bond acceptors (Lipinski definition) is 3. The highest BCUT2D eigenvalue weighted by molar-refractivity contribution is 6.05. The summed E-state index contributed by atoms with van der Waals surface area (Å²) in [6, 6.07) is 18.4. The van der Waals surface area contributed by atoms with Gasteiger partial charge in [0.25, 0.3) is 11.8 Å². The summed E-state index contributed by atoms with van der Waals surface area (Å²) in [7, 11) is 0. The Kier molecular flexibility index (Phi) is 6.07. The first-order valence-electron chi connectivity index (χ1n) is 8.99. The molecule has 0 spiro atoms. The van der Waals surface area contributed by atoms with E-state index in [1.54, 1.807) is 24.3 Å². The third kappa shape index (κ3) is 4.98. The third-order valence-electron chi connectivity index (χ3n) is 4.39. The molecule has 0 bridgehead atoms. The lowest BCUT2D eigenvalue weighted by Crippen LogP contribution is -2.34. The molecule has 5 nitrogen and oxygen atoms in total. The van der Waals surface area contributed by atoms with E-state index < -0.39 is 5.91 Å². The van der Waals surface area contributed by atoms with Gasteiger partial charge in [-0.2, -0.15) is 0 Å². The molecule has 2 amide bonds. The number of benzene rings is 2. The van der Waals surface area contributed by atoms with Crippen LogP contribution in [0.2, 0.25) is 0 Å². The van der Waals surface area contributed by atoms with Crippen LogP contribution < -0.4 is 10.6 Å². The van der Waals surface area contributed by atoms with Crippen molar-refractivity contribution >= 4 is 17.9 Å². The molecule has 1 aromatic heterocycles. The molecule has 142 valence electrons. The van der Waals surface area contributed by atoms with Crippen molar-refractivity contribution in [2.45, 2.75) is 20.4 Å². The molecule has 0 saturated carbocycles. The second-order valence-electron chi connectivity index (χ2n) is 6.49. The largest absolute Gasteiger partial charge is 0.465 e. The van der Waals surface area contributed by atoms with Crippen LogP contribution in [0, 0.1) is 13.8 Å². The summed E-state index contributed by atoms with van der Waals surface area (Å²) in [5.41, 5.74) is 3.69. The van der Waals surface area contributed by atoms with Gasteiger partial charge >= 0.3 is 0 Å². The fourth-order valence-electron chi connectivity index (χ4n) is 2.62. The maximum Gasteiger partial charge on any atom is 0.268 e. The Morgan fingerprint density at radius 3 is 2.43 bits per heavy atom. The highest BCUT2D eigenvalue weighted by Crippen LogP contribution is 2.12. The first-order chi connectivity index (χ1) is 13.5. The molecule has 1 heterocycles. The Balaban J connectivity index is 1.77. The van der Waals surface area contributed by atoms with Crippen LogP contribution in [0.1, 0.15) is 32.8 Å². The van der Waals surface area contributed by atoms with E-state index in [-0.39, 0.29) is 11.6 Å². The summed E-state index contributed by atoms with van der Waals surface area (Å²) in [5, 5.41) is 5.53. The predicted octanol–water partition coefficient (Wildman–Crippen LogP) is 3.98. The number of hydrogen-bond donors (Lipinski definition) is 2. The van der Waals surface area contributed by atoms with Gasteiger partial charge in [0.05, 0.1) is 6.26 Å². The Labute approximate surface area is 164 Å². The summed E-state index contributed by atoms with van der Waals surface area (Å²) in [4.78, 5) is 25.4. The first kappa shape index (κ1) is 19.2. The highest BCUT2D eigenvalue weighted by Gasteiger charge is 2.15. The Morgan fingerprint density at radius 2 is 1.75 bits per heavy atom. The molecule has 0 radical (unpaired) electrons. The Bertz CT molecular complexity index is 990. The molecular formula is C23H22N2O3. The van der Waals surface area contributed by atoms with Crippen LogP contribution >= 0.6 is 0 Å². The van der Waals surface area contributed by atoms with Crippen molar-refractivity contribution in [3.05, 3.63) is 101 Å². The molecule has 0 aliphatic rings. The molecule has 0 atom stereocenters. The maximum atomic E-state index is 12.7. The van der Waals surface area contributed by atoms with E-state index in [1.165, 1.54) is 12.3 Å². The van der Waals surface area contributed by atoms with Gasteiger partial charge in [-0.1, -0.05) is 36.4 Å². The zero-order valence-corrected chi connectivity index (χ0v) is 15.9. The molecule has 0 fully saturated rings. The summed E-state index contributed by atoms with van der Waals surface area (Å²) in [6.45, 7) is 4.28. The lowest BCUT2D eigenvalue weighted by atomic mass is 10.1. The van der Waals surface area contributed by atoms with Crippen molar-refractivity contribution in [3.63, 3.8) is 0 Å². The number of aryl methyl sites for hydroxylation is 2. The molecule has 0 saturated heterocycles. The quantitative estimate of drug-likeness (QED) is 0.641. The Hall–Kier alpha value is -3.60. The zero-order valence-electron chi connectivity index (χ0n) is 15.9. The van der Waals surface area contributed by atoms with Gasteiger partial charge in [-0.05, 0) is 54.8 Å². The minimum atomic E-state index is -0.391. The van der Waals surface area contributed by atoms with Crippen molar-refractivity contribution in [2.75, 3.05) is 0 Å². The van der Waals surface area contributed by atoms with Gasteiger partial charge in [-0.25, -0.2) is 0 Å². The zero-order chi connectivity index (χ0) is 19.9. The van der Waals surface area contributed by atoms with Crippen LogP contribution in [0.25, 0.3) is 6.08 Å². The van der Waals surface area contributed by atoms with Gasteiger partial charge in [0.15, 0.2) is 0 Å². The Morgan fingerprint density at radius 1 is 0.964 bits per heavy atom. The highest BCUT2D eigenvalue weighted by atomic mass is 16.3. The average molecular weight is 374 g/mol. The van der Waals surface area contributed by atoms with Crippen molar-refractivity contribution in [3.8, 4) is 0 Å². The number of nitrogens with one attached hydrogen (secondary N) is 2. The molecule has 2 aromatic carbocycles. The van der Waals surface area contributed by atoms with Crippen molar-refractivity contribution < 1.29 is 14.0 Å². The topological polar surface area (TPSA) is 71.3 Å². The summed E-state index contributed by atoms with van der Waals surface area (Å²) >= 11 is 0. The standard InChI is InChI=1S/C23H22N2O3/c1-16-10-11-19(13-17(16)2)22(26)25-21(14-20-9-6-12-28-20)23(27)24-15-18-7-4-3-5-8-18/h3-14H,15H2,1-2H3,(H,24,27)(H,25,26)/b21-14-. The van der Waals surface area contributed by atoms with Crippen molar-refractivity contribution in [1.82, 2.24) is 10.6 Å². The van der Waals surface area contributed by atoms with E-state index in [9.17, 15) is 9.59 Å². The molecule has 0 aliphatic heterocycles. The van der Waals surface area contributed by atoms with Gasteiger partial charge in [-0.3, -0.25) is 9.59 Å². The molecule has 0 aliphatic carbocycles. The predicted molar refractivity (Wildman–Crippen MR) is 108 cm³/mol. The van der Waals surface area contributed by atoms with Crippen molar-refractivity contribution in [1.29, 1.82) is 0 Å². The molecule has 0 unspecified atom stereocenters. The lowest BCUT2D eigenvalue weighted by Gasteiger charge is -2.11. The van der Waals surface area contributed by atoms with E-state index in [0.29, 0.717) is 17.9 Å². The maximum absolute atomic E-state index is 12.7. The van der Waals surface area contributed by atoms with Gasteiger partial charge in [0, 0.05) is 18.2 Å². The molecule has 2 N–H and O–H groups in total. The van der Waals surface area contributed by atoms with E-state index in [4.69, 9.17) is 4.42 Å². The van der Waals surface area contributed by atoms with E-state index in [1.807, 2.05) is 50.2 Å². The number of rotatable bonds is 6. The second-order valence-corrected chi connectivity index (χ2v) is 6.49. The summed E-state index contributed by atoms with van der Waals surface area (Å²) in [5.74, 6) is -0.265. The fourth-order valence-corrected chi connectivity index (χ4v) is 2.62.